The fraction of sp³-hybridized carbons (Fsp3) is 0.769. The van der Waals surface area contributed by atoms with Gasteiger partial charge in [-0.3, -0.25) is 14.4 Å². The van der Waals surface area contributed by atoms with Crippen molar-refractivity contribution in [2.75, 3.05) is 6.54 Å². The normalized spacial score (nSPS) is 19.3. The molecular weight excluding hydrogens is 248 g/mol. The summed E-state index contributed by atoms with van der Waals surface area (Å²) in [5, 5.41) is 11.5. The minimum atomic E-state index is -0.881. The van der Waals surface area contributed by atoms with E-state index in [1.54, 1.807) is 18.7 Å². The van der Waals surface area contributed by atoms with Crippen molar-refractivity contribution in [2.45, 2.75) is 58.0 Å². The molecule has 0 radical (unpaired) electrons. The number of carboxylic acids is 1. The summed E-state index contributed by atoms with van der Waals surface area (Å²) in [5.74, 6) is -1.17. The molecule has 0 aliphatic carbocycles. The molecule has 0 bridgehead atoms. The molecule has 2 N–H and O–H groups in total. The summed E-state index contributed by atoms with van der Waals surface area (Å²) in [4.78, 5) is 35.7. The van der Waals surface area contributed by atoms with E-state index in [-0.39, 0.29) is 18.2 Å². The van der Waals surface area contributed by atoms with Gasteiger partial charge in [0.1, 0.15) is 6.04 Å². The molecule has 0 aromatic rings. The van der Waals surface area contributed by atoms with Crippen LogP contribution in [0.5, 0.6) is 0 Å². The van der Waals surface area contributed by atoms with Crippen molar-refractivity contribution < 1.29 is 19.5 Å². The third-order valence-corrected chi connectivity index (χ3v) is 3.39. The zero-order valence-corrected chi connectivity index (χ0v) is 11.7. The molecule has 0 unspecified atom stereocenters. The second-order valence-corrected chi connectivity index (χ2v) is 5.64. The summed E-state index contributed by atoms with van der Waals surface area (Å²) in [6, 6.07) is -0.415. The number of nitrogens with one attached hydrogen (secondary N) is 1. The maximum atomic E-state index is 12.2. The molecule has 1 fully saturated rings. The molecule has 0 saturated carbocycles. The van der Waals surface area contributed by atoms with Crippen molar-refractivity contribution in [3.8, 4) is 0 Å². The van der Waals surface area contributed by atoms with Gasteiger partial charge in [-0.05, 0) is 33.1 Å². The minimum absolute atomic E-state index is 0.00830. The Morgan fingerprint density at radius 3 is 2.53 bits per heavy atom. The molecule has 1 heterocycles. The van der Waals surface area contributed by atoms with Crippen LogP contribution in [0, 0.1) is 0 Å². The number of amides is 2. The fourth-order valence-electron chi connectivity index (χ4n) is 2.31. The highest BCUT2D eigenvalue weighted by atomic mass is 16.4. The predicted octanol–water partition coefficient (Wildman–Crippen LogP) is 0.757. The lowest BCUT2D eigenvalue weighted by Crippen LogP contribution is -2.52. The summed E-state index contributed by atoms with van der Waals surface area (Å²) in [7, 11) is 0. The molecule has 1 saturated heterocycles. The molecular formula is C13H22N2O4. The van der Waals surface area contributed by atoms with Gasteiger partial charge >= 0.3 is 5.97 Å². The van der Waals surface area contributed by atoms with Crippen LogP contribution in [0.2, 0.25) is 0 Å². The highest BCUT2D eigenvalue weighted by Gasteiger charge is 2.34. The topological polar surface area (TPSA) is 86.7 Å². The number of carboxylic acid groups (broad SMARTS) is 1. The monoisotopic (exact) mass is 270 g/mol. The largest absolute Gasteiger partial charge is 0.481 e. The molecule has 19 heavy (non-hydrogen) atoms. The van der Waals surface area contributed by atoms with Gasteiger partial charge in [0.15, 0.2) is 0 Å². The lowest BCUT2D eigenvalue weighted by molar-refractivity contribution is -0.138. The third-order valence-electron chi connectivity index (χ3n) is 3.39. The quantitative estimate of drug-likeness (QED) is 0.772. The Balaban J connectivity index is 2.58. The number of hydrogen-bond acceptors (Lipinski definition) is 3. The van der Waals surface area contributed by atoms with E-state index < -0.39 is 17.6 Å². The van der Waals surface area contributed by atoms with Gasteiger partial charge in [-0.2, -0.15) is 0 Å². The predicted molar refractivity (Wildman–Crippen MR) is 69.5 cm³/mol. The zero-order valence-electron chi connectivity index (χ0n) is 11.7. The second kappa shape index (κ2) is 6.04. The van der Waals surface area contributed by atoms with Crippen molar-refractivity contribution in [2.24, 2.45) is 0 Å². The van der Waals surface area contributed by atoms with E-state index in [9.17, 15) is 14.4 Å². The van der Waals surface area contributed by atoms with Crippen molar-refractivity contribution in [1.82, 2.24) is 10.2 Å². The van der Waals surface area contributed by atoms with Crippen molar-refractivity contribution in [3.63, 3.8) is 0 Å². The van der Waals surface area contributed by atoms with Crippen LogP contribution in [-0.4, -0.2) is 45.9 Å². The lowest BCUT2D eigenvalue weighted by Gasteiger charge is -2.30. The number of rotatable bonds is 5. The van der Waals surface area contributed by atoms with Gasteiger partial charge < -0.3 is 15.3 Å². The van der Waals surface area contributed by atoms with Gasteiger partial charge in [0.25, 0.3) is 0 Å². The first-order valence-corrected chi connectivity index (χ1v) is 6.54. The number of likely N-dealkylation sites (tertiary alicyclic amines) is 1. The van der Waals surface area contributed by atoms with Crippen LogP contribution in [0.1, 0.15) is 46.5 Å². The summed E-state index contributed by atoms with van der Waals surface area (Å²) < 4.78 is 0. The Bertz CT molecular complexity index is 379. The highest BCUT2D eigenvalue weighted by Crippen LogP contribution is 2.19. The Kier molecular flexibility index (Phi) is 4.91. The van der Waals surface area contributed by atoms with Crippen LogP contribution in [0.25, 0.3) is 0 Å². The number of nitrogens with zero attached hydrogens (tertiary/aromatic N) is 1. The molecule has 1 aliphatic rings. The molecule has 6 heteroatoms. The minimum Gasteiger partial charge on any atom is -0.481 e. The lowest BCUT2D eigenvalue weighted by atomic mass is 9.97. The molecule has 108 valence electrons. The summed E-state index contributed by atoms with van der Waals surface area (Å²) in [6.07, 6.45) is 1.86. The van der Waals surface area contributed by atoms with Gasteiger partial charge in [0.05, 0.1) is 0 Å². The van der Waals surface area contributed by atoms with E-state index in [4.69, 9.17) is 5.11 Å². The van der Waals surface area contributed by atoms with E-state index in [1.165, 1.54) is 6.92 Å². The molecule has 0 aromatic heterocycles. The van der Waals surface area contributed by atoms with Crippen LogP contribution in [0.15, 0.2) is 0 Å². The van der Waals surface area contributed by atoms with E-state index in [2.05, 4.69) is 5.32 Å². The SMILES string of the molecule is CC(=O)N1CCC[C@@H]1C(=O)NC(C)(C)CCC(=O)O. The molecule has 1 atom stereocenters. The van der Waals surface area contributed by atoms with Gasteiger partial charge in [-0.15, -0.1) is 0 Å². The number of hydrogen-bond donors (Lipinski definition) is 2. The molecule has 6 nitrogen and oxygen atoms in total. The summed E-state index contributed by atoms with van der Waals surface area (Å²) in [6.45, 7) is 5.66. The van der Waals surface area contributed by atoms with Crippen molar-refractivity contribution in [3.05, 3.63) is 0 Å². The Morgan fingerprint density at radius 1 is 1.37 bits per heavy atom. The van der Waals surface area contributed by atoms with Crippen molar-refractivity contribution in [1.29, 1.82) is 0 Å². The zero-order chi connectivity index (χ0) is 14.6. The average molecular weight is 270 g/mol. The Labute approximate surface area is 113 Å². The van der Waals surface area contributed by atoms with E-state index in [1.807, 2.05) is 0 Å². The van der Waals surface area contributed by atoms with Crippen molar-refractivity contribution >= 4 is 17.8 Å². The van der Waals surface area contributed by atoms with E-state index in [0.29, 0.717) is 19.4 Å². The van der Waals surface area contributed by atoms with Gasteiger partial charge in [0.2, 0.25) is 11.8 Å². The molecule has 1 rings (SSSR count). The molecule has 0 spiro atoms. The van der Waals surface area contributed by atoms with Crippen LogP contribution in [0.3, 0.4) is 0 Å². The first-order chi connectivity index (χ1) is 8.73. The first-order valence-electron chi connectivity index (χ1n) is 6.54. The second-order valence-electron chi connectivity index (χ2n) is 5.64. The van der Waals surface area contributed by atoms with Crippen LogP contribution in [0.4, 0.5) is 0 Å². The maximum absolute atomic E-state index is 12.2. The smallest absolute Gasteiger partial charge is 0.303 e. The molecule has 2 amide bonds. The third kappa shape index (κ3) is 4.54. The van der Waals surface area contributed by atoms with E-state index >= 15 is 0 Å². The maximum Gasteiger partial charge on any atom is 0.303 e. The highest BCUT2D eigenvalue weighted by molar-refractivity contribution is 5.87. The van der Waals surface area contributed by atoms with Gasteiger partial charge in [0, 0.05) is 25.4 Å². The fourth-order valence-corrected chi connectivity index (χ4v) is 2.31. The Morgan fingerprint density at radius 2 is 2.00 bits per heavy atom. The number of aliphatic carboxylic acids is 1. The Hall–Kier alpha value is -1.59. The number of carbonyl (C=O) groups excluding carboxylic acids is 2. The average Bonchev–Trinajstić information content (AvgIpc) is 2.75. The van der Waals surface area contributed by atoms with Crippen LogP contribution in [-0.2, 0) is 14.4 Å². The summed E-state index contributed by atoms with van der Waals surface area (Å²) in [5.41, 5.74) is -0.583. The van der Waals surface area contributed by atoms with Crippen LogP contribution < -0.4 is 5.32 Å². The first kappa shape index (κ1) is 15.5. The van der Waals surface area contributed by atoms with Gasteiger partial charge in [-0.1, -0.05) is 0 Å². The standard InChI is InChI=1S/C13H22N2O4/c1-9(16)15-8-4-5-10(15)12(19)14-13(2,3)7-6-11(17)18/h10H,4-8H2,1-3H3,(H,14,19)(H,17,18)/t10-/m1/s1. The van der Waals surface area contributed by atoms with E-state index in [0.717, 1.165) is 6.42 Å². The molecule has 0 aromatic carbocycles. The molecule has 1 aliphatic heterocycles. The summed E-state index contributed by atoms with van der Waals surface area (Å²) >= 11 is 0. The van der Waals surface area contributed by atoms with Gasteiger partial charge in [-0.25, -0.2) is 0 Å². The van der Waals surface area contributed by atoms with Crippen LogP contribution >= 0.6 is 0 Å². The number of carbonyl (C=O) groups is 3.